The molecule has 0 amide bonds. The SMILES string of the molecule is CCCCCC(O)CSC1CCC(=O)C1CCCCCC(=O)OCC. The Morgan fingerprint density at radius 2 is 2.04 bits per heavy atom. The third kappa shape index (κ3) is 9.64. The molecule has 0 aromatic rings. The molecule has 1 saturated carbocycles. The van der Waals surface area contributed by atoms with Crippen molar-refractivity contribution in [3.05, 3.63) is 0 Å². The number of ketones is 1. The summed E-state index contributed by atoms with van der Waals surface area (Å²) in [5, 5.41) is 10.5. The Morgan fingerprint density at radius 1 is 1.24 bits per heavy atom. The molecule has 0 bridgehead atoms. The van der Waals surface area contributed by atoms with E-state index in [1.807, 2.05) is 6.92 Å². The fraction of sp³-hybridized carbons (Fsp3) is 0.900. The van der Waals surface area contributed by atoms with Crippen molar-refractivity contribution < 1.29 is 19.4 Å². The lowest BCUT2D eigenvalue weighted by Crippen LogP contribution is -2.20. The van der Waals surface area contributed by atoms with Gasteiger partial charge in [0.2, 0.25) is 0 Å². The fourth-order valence-corrected chi connectivity index (χ4v) is 4.86. The van der Waals surface area contributed by atoms with Gasteiger partial charge in [-0.2, -0.15) is 11.8 Å². The van der Waals surface area contributed by atoms with Gasteiger partial charge in [-0.15, -0.1) is 0 Å². The molecule has 1 N–H and O–H groups in total. The molecule has 0 heterocycles. The highest BCUT2D eigenvalue weighted by atomic mass is 32.2. The lowest BCUT2D eigenvalue weighted by Gasteiger charge is -2.19. The highest BCUT2D eigenvalue weighted by Gasteiger charge is 2.34. The van der Waals surface area contributed by atoms with E-state index in [1.54, 1.807) is 11.8 Å². The zero-order valence-corrected chi connectivity index (χ0v) is 16.8. The summed E-state index contributed by atoms with van der Waals surface area (Å²) in [7, 11) is 0. The normalized spacial score (nSPS) is 21.5. The number of carbonyl (C=O) groups is 2. The van der Waals surface area contributed by atoms with E-state index < -0.39 is 0 Å². The molecule has 0 saturated heterocycles. The molecule has 1 aliphatic rings. The minimum atomic E-state index is -0.238. The average molecular weight is 373 g/mol. The Labute approximate surface area is 157 Å². The quantitative estimate of drug-likeness (QED) is 0.359. The number of unbranched alkanes of at least 4 members (excludes halogenated alkanes) is 4. The van der Waals surface area contributed by atoms with E-state index >= 15 is 0 Å². The van der Waals surface area contributed by atoms with Gasteiger partial charge in [-0.05, 0) is 32.6 Å². The molecule has 1 aliphatic carbocycles. The van der Waals surface area contributed by atoms with Gasteiger partial charge in [-0.3, -0.25) is 9.59 Å². The van der Waals surface area contributed by atoms with E-state index in [9.17, 15) is 14.7 Å². The number of ether oxygens (including phenoxy) is 1. The average Bonchev–Trinajstić information content (AvgIpc) is 2.93. The van der Waals surface area contributed by atoms with Crippen molar-refractivity contribution >= 4 is 23.5 Å². The molecule has 25 heavy (non-hydrogen) atoms. The maximum atomic E-state index is 12.1. The van der Waals surface area contributed by atoms with Crippen LogP contribution in [0.3, 0.4) is 0 Å². The number of aliphatic hydroxyl groups excluding tert-OH is 1. The lowest BCUT2D eigenvalue weighted by molar-refractivity contribution is -0.143. The molecule has 1 rings (SSSR count). The number of Topliss-reactive ketones (excluding diaryl/α,β-unsaturated/α-hetero) is 1. The molecule has 0 aromatic carbocycles. The molecule has 3 atom stereocenters. The first-order valence-electron chi connectivity index (χ1n) is 10.1. The van der Waals surface area contributed by atoms with Gasteiger partial charge in [-0.1, -0.05) is 39.0 Å². The van der Waals surface area contributed by atoms with Crippen LogP contribution in [0.4, 0.5) is 0 Å². The maximum Gasteiger partial charge on any atom is 0.305 e. The summed E-state index contributed by atoms with van der Waals surface area (Å²) in [6.07, 6.45) is 9.94. The summed E-state index contributed by atoms with van der Waals surface area (Å²) in [5.41, 5.74) is 0. The predicted octanol–water partition coefficient (Wildman–Crippen LogP) is 4.52. The summed E-state index contributed by atoms with van der Waals surface area (Å²) >= 11 is 1.79. The van der Waals surface area contributed by atoms with E-state index in [0.29, 0.717) is 30.5 Å². The van der Waals surface area contributed by atoms with Crippen LogP contribution < -0.4 is 0 Å². The Morgan fingerprint density at radius 3 is 2.76 bits per heavy atom. The van der Waals surface area contributed by atoms with Crippen LogP contribution in [-0.2, 0) is 14.3 Å². The van der Waals surface area contributed by atoms with Crippen LogP contribution in [0.5, 0.6) is 0 Å². The van der Waals surface area contributed by atoms with Crippen molar-refractivity contribution in [2.24, 2.45) is 5.92 Å². The minimum Gasteiger partial charge on any atom is -0.466 e. The maximum absolute atomic E-state index is 12.1. The van der Waals surface area contributed by atoms with Crippen LogP contribution in [0.2, 0.25) is 0 Å². The van der Waals surface area contributed by atoms with E-state index in [4.69, 9.17) is 4.74 Å². The van der Waals surface area contributed by atoms with Crippen LogP contribution in [-0.4, -0.2) is 40.6 Å². The lowest BCUT2D eigenvalue weighted by atomic mass is 9.98. The highest BCUT2D eigenvalue weighted by molar-refractivity contribution is 8.00. The van der Waals surface area contributed by atoms with Gasteiger partial charge in [0.05, 0.1) is 12.7 Å². The Hall–Kier alpha value is -0.550. The van der Waals surface area contributed by atoms with Gasteiger partial charge >= 0.3 is 5.97 Å². The largest absolute Gasteiger partial charge is 0.466 e. The predicted molar refractivity (Wildman–Crippen MR) is 104 cm³/mol. The first-order chi connectivity index (χ1) is 12.1. The molecule has 0 aliphatic heterocycles. The number of hydrogen-bond acceptors (Lipinski definition) is 5. The molecule has 1 fully saturated rings. The monoisotopic (exact) mass is 372 g/mol. The van der Waals surface area contributed by atoms with Crippen LogP contribution in [0.1, 0.15) is 84.5 Å². The smallest absolute Gasteiger partial charge is 0.305 e. The van der Waals surface area contributed by atoms with Crippen LogP contribution >= 0.6 is 11.8 Å². The number of hydrogen-bond donors (Lipinski definition) is 1. The van der Waals surface area contributed by atoms with E-state index in [2.05, 4.69) is 6.92 Å². The fourth-order valence-electron chi connectivity index (χ4n) is 3.42. The van der Waals surface area contributed by atoms with Crippen molar-refractivity contribution in [3.8, 4) is 0 Å². The molecule has 0 aromatic heterocycles. The second-order valence-corrected chi connectivity index (χ2v) is 8.31. The van der Waals surface area contributed by atoms with Crippen molar-refractivity contribution in [1.29, 1.82) is 0 Å². The Bertz CT molecular complexity index is 386. The van der Waals surface area contributed by atoms with Crippen LogP contribution in [0, 0.1) is 5.92 Å². The second-order valence-electron chi connectivity index (χ2n) is 7.04. The molecule has 3 unspecified atom stereocenters. The number of rotatable bonds is 14. The zero-order valence-electron chi connectivity index (χ0n) is 16.0. The highest BCUT2D eigenvalue weighted by Crippen LogP contribution is 2.36. The van der Waals surface area contributed by atoms with Crippen molar-refractivity contribution in [2.75, 3.05) is 12.4 Å². The van der Waals surface area contributed by atoms with Crippen LogP contribution in [0.25, 0.3) is 0 Å². The van der Waals surface area contributed by atoms with E-state index in [0.717, 1.165) is 50.7 Å². The van der Waals surface area contributed by atoms with Crippen molar-refractivity contribution in [1.82, 2.24) is 0 Å². The third-order valence-corrected chi connectivity index (χ3v) is 6.45. The molecule has 0 radical (unpaired) electrons. The summed E-state index contributed by atoms with van der Waals surface area (Å²) in [4.78, 5) is 23.5. The summed E-state index contributed by atoms with van der Waals surface area (Å²) in [6, 6.07) is 0. The van der Waals surface area contributed by atoms with Crippen molar-refractivity contribution in [3.63, 3.8) is 0 Å². The minimum absolute atomic E-state index is 0.120. The van der Waals surface area contributed by atoms with E-state index in [-0.39, 0.29) is 18.0 Å². The van der Waals surface area contributed by atoms with E-state index in [1.165, 1.54) is 12.8 Å². The van der Waals surface area contributed by atoms with Gasteiger partial charge in [0.25, 0.3) is 0 Å². The first kappa shape index (κ1) is 22.5. The van der Waals surface area contributed by atoms with Gasteiger partial charge < -0.3 is 9.84 Å². The number of esters is 1. The van der Waals surface area contributed by atoms with Gasteiger partial charge in [0.15, 0.2) is 0 Å². The standard InChI is InChI=1S/C20H36O4S/c1-3-5-7-10-16(21)15-25-19-14-13-18(22)17(19)11-8-6-9-12-20(23)24-4-2/h16-17,19,21H,3-15H2,1-2H3. The molecule has 5 heteroatoms. The third-order valence-electron chi connectivity index (χ3n) is 4.88. The summed E-state index contributed by atoms with van der Waals surface area (Å²) in [5.74, 6) is 1.17. The van der Waals surface area contributed by atoms with Gasteiger partial charge in [-0.25, -0.2) is 0 Å². The van der Waals surface area contributed by atoms with Crippen molar-refractivity contribution in [2.45, 2.75) is 95.8 Å². The molecule has 0 spiro atoms. The molecular formula is C20H36O4S. The Kier molecular flexibility index (Phi) is 12.3. The van der Waals surface area contributed by atoms with Crippen LogP contribution in [0.15, 0.2) is 0 Å². The first-order valence-corrected chi connectivity index (χ1v) is 11.1. The number of thioether (sulfide) groups is 1. The Balaban J connectivity index is 2.20. The number of aliphatic hydroxyl groups is 1. The molecular weight excluding hydrogens is 336 g/mol. The van der Waals surface area contributed by atoms with Gasteiger partial charge in [0, 0.05) is 29.8 Å². The number of carbonyl (C=O) groups excluding carboxylic acids is 2. The van der Waals surface area contributed by atoms with Gasteiger partial charge in [0.1, 0.15) is 5.78 Å². The summed E-state index contributed by atoms with van der Waals surface area (Å²) in [6.45, 7) is 4.43. The topological polar surface area (TPSA) is 63.6 Å². The zero-order chi connectivity index (χ0) is 18.5. The summed E-state index contributed by atoms with van der Waals surface area (Å²) < 4.78 is 4.93. The molecule has 4 nitrogen and oxygen atoms in total. The second kappa shape index (κ2) is 13.6. The molecule has 146 valence electrons.